The third kappa shape index (κ3) is 6.29. The quantitative estimate of drug-likeness (QED) is 0.768. The van der Waals surface area contributed by atoms with Gasteiger partial charge in [-0.1, -0.05) is 48.9 Å². The lowest BCUT2D eigenvalue weighted by molar-refractivity contribution is -0.137. The first-order valence-corrected chi connectivity index (χ1v) is 8.48. The number of aliphatic hydroxyl groups excluding tert-OH is 1. The lowest BCUT2D eigenvalue weighted by atomic mass is 9.94. The third-order valence-corrected chi connectivity index (χ3v) is 4.09. The Balaban J connectivity index is 1.90. The molecular weight excluding hydrogens is 359 g/mol. The maximum Gasteiger partial charge on any atom is 0.416 e. The summed E-state index contributed by atoms with van der Waals surface area (Å²) in [5.41, 5.74) is 0.592. The molecule has 0 aromatic heterocycles. The van der Waals surface area contributed by atoms with Crippen molar-refractivity contribution in [1.29, 1.82) is 0 Å². The summed E-state index contributed by atoms with van der Waals surface area (Å²) in [6.45, 7) is 3.34. The second-order valence-corrected chi connectivity index (χ2v) is 6.49. The number of nitrogens with one attached hydrogen (secondary N) is 1. The van der Waals surface area contributed by atoms with Gasteiger partial charge in [0.25, 0.3) is 0 Å². The van der Waals surface area contributed by atoms with Gasteiger partial charge in [-0.15, -0.1) is 0 Å². The number of alkyl halides is 3. The van der Waals surface area contributed by atoms with Crippen molar-refractivity contribution in [2.45, 2.75) is 32.7 Å². The van der Waals surface area contributed by atoms with Crippen LogP contribution in [0.15, 0.2) is 48.5 Å². The number of ether oxygens (including phenoxy) is 1. The van der Waals surface area contributed by atoms with Gasteiger partial charge in [0.05, 0.1) is 11.7 Å². The zero-order valence-electron chi connectivity index (χ0n) is 15.1. The molecule has 2 rings (SSSR count). The average Bonchev–Trinajstić information content (AvgIpc) is 2.63. The maximum atomic E-state index is 12.9. The van der Waals surface area contributed by atoms with E-state index < -0.39 is 29.9 Å². The van der Waals surface area contributed by atoms with E-state index in [1.54, 1.807) is 6.92 Å². The van der Waals surface area contributed by atoms with E-state index in [0.29, 0.717) is 5.56 Å². The molecule has 27 heavy (non-hydrogen) atoms. The van der Waals surface area contributed by atoms with Gasteiger partial charge in [0.2, 0.25) is 0 Å². The van der Waals surface area contributed by atoms with Gasteiger partial charge in [-0.25, -0.2) is 4.79 Å². The predicted octanol–water partition coefficient (Wildman–Crippen LogP) is 4.61. The van der Waals surface area contributed by atoms with Crippen molar-refractivity contribution in [1.82, 2.24) is 5.32 Å². The van der Waals surface area contributed by atoms with E-state index in [0.717, 1.165) is 17.7 Å². The number of hydrogen-bond acceptors (Lipinski definition) is 3. The number of alkyl carbamates (subject to hydrolysis) is 1. The summed E-state index contributed by atoms with van der Waals surface area (Å²) in [5.74, 6) is -0.503. The van der Waals surface area contributed by atoms with E-state index in [9.17, 15) is 23.1 Å². The third-order valence-electron chi connectivity index (χ3n) is 4.09. The van der Waals surface area contributed by atoms with Gasteiger partial charge in [0.15, 0.2) is 0 Å². The van der Waals surface area contributed by atoms with Crippen LogP contribution < -0.4 is 5.32 Å². The maximum absolute atomic E-state index is 12.9. The van der Waals surface area contributed by atoms with Gasteiger partial charge >= 0.3 is 12.3 Å². The van der Waals surface area contributed by atoms with Crippen LogP contribution in [0.25, 0.3) is 0 Å². The van der Waals surface area contributed by atoms with E-state index >= 15 is 0 Å². The van der Waals surface area contributed by atoms with Gasteiger partial charge in [-0.2, -0.15) is 13.2 Å². The molecule has 2 atom stereocenters. The van der Waals surface area contributed by atoms with Gasteiger partial charge in [0.1, 0.15) is 6.61 Å². The molecule has 2 N–H and O–H groups in total. The highest BCUT2D eigenvalue weighted by atomic mass is 19.4. The fourth-order valence-corrected chi connectivity index (χ4v) is 2.61. The number of carbonyl (C=O) groups is 1. The molecule has 0 aliphatic carbocycles. The first-order valence-electron chi connectivity index (χ1n) is 8.48. The Labute approximate surface area is 156 Å². The molecule has 0 radical (unpaired) electrons. The Kier molecular flexibility index (Phi) is 6.85. The summed E-state index contributed by atoms with van der Waals surface area (Å²) in [5, 5.41) is 12.9. The minimum absolute atomic E-state index is 0.0596. The van der Waals surface area contributed by atoms with E-state index in [1.165, 1.54) is 13.0 Å². The second kappa shape index (κ2) is 8.90. The molecule has 146 valence electrons. The molecule has 0 aliphatic rings. The lowest BCUT2D eigenvalue weighted by Gasteiger charge is -2.21. The van der Waals surface area contributed by atoms with Gasteiger partial charge in [0, 0.05) is 12.5 Å². The summed E-state index contributed by atoms with van der Waals surface area (Å²) in [6, 6.07) is 12.6. The first-order chi connectivity index (χ1) is 12.7. The molecule has 0 spiro atoms. The van der Waals surface area contributed by atoms with E-state index in [1.807, 2.05) is 30.3 Å². The van der Waals surface area contributed by atoms with Gasteiger partial charge < -0.3 is 15.2 Å². The average molecular weight is 381 g/mol. The van der Waals surface area contributed by atoms with Gasteiger partial charge in [-0.05, 0) is 30.2 Å². The minimum Gasteiger partial charge on any atom is -0.445 e. The SMILES string of the molecule is Cc1cc(C(O)C(C)CNC(=O)OCc2ccccc2)cc(C(F)(F)F)c1. The molecule has 2 unspecified atom stereocenters. The fraction of sp³-hybridized carbons (Fsp3) is 0.350. The van der Waals surface area contributed by atoms with Crippen LogP contribution in [-0.2, 0) is 17.5 Å². The Morgan fingerprint density at radius 2 is 1.85 bits per heavy atom. The molecule has 1 amide bonds. The lowest BCUT2D eigenvalue weighted by Crippen LogP contribution is -2.31. The molecule has 0 aliphatic heterocycles. The number of amides is 1. The molecule has 4 nitrogen and oxygen atoms in total. The highest BCUT2D eigenvalue weighted by Crippen LogP contribution is 2.33. The topological polar surface area (TPSA) is 58.6 Å². The molecule has 2 aromatic carbocycles. The molecule has 7 heteroatoms. The zero-order chi connectivity index (χ0) is 20.0. The van der Waals surface area contributed by atoms with Crippen LogP contribution in [0.1, 0.15) is 35.3 Å². The standard InChI is InChI=1S/C20H22F3NO3/c1-13-8-16(10-17(9-13)20(21,22)23)18(25)14(2)11-24-19(26)27-12-15-6-4-3-5-7-15/h3-10,14,18,25H,11-12H2,1-2H3,(H,24,26). The number of halogens is 3. The largest absolute Gasteiger partial charge is 0.445 e. The van der Waals surface area contributed by atoms with Crippen molar-refractivity contribution in [3.8, 4) is 0 Å². The highest BCUT2D eigenvalue weighted by molar-refractivity contribution is 5.67. The van der Waals surface area contributed by atoms with E-state index in [-0.39, 0.29) is 18.7 Å². The molecule has 0 fully saturated rings. The van der Waals surface area contributed by atoms with Crippen LogP contribution in [0.4, 0.5) is 18.0 Å². The number of aliphatic hydroxyl groups is 1. The summed E-state index contributed by atoms with van der Waals surface area (Å²) >= 11 is 0. The number of benzene rings is 2. The van der Waals surface area contributed by atoms with E-state index in [2.05, 4.69) is 5.32 Å². The Morgan fingerprint density at radius 1 is 1.19 bits per heavy atom. The normalized spacial score (nSPS) is 13.7. The molecule has 0 saturated carbocycles. The smallest absolute Gasteiger partial charge is 0.416 e. The van der Waals surface area contributed by atoms with Crippen molar-refractivity contribution in [3.63, 3.8) is 0 Å². The van der Waals surface area contributed by atoms with Crippen molar-refractivity contribution in [3.05, 3.63) is 70.8 Å². The van der Waals surface area contributed by atoms with Crippen molar-refractivity contribution in [2.24, 2.45) is 5.92 Å². The van der Waals surface area contributed by atoms with Crippen LogP contribution in [0.5, 0.6) is 0 Å². The number of carbonyl (C=O) groups excluding carboxylic acids is 1. The summed E-state index contributed by atoms with van der Waals surface area (Å²) in [7, 11) is 0. The monoisotopic (exact) mass is 381 g/mol. The molecule has 0 heterocycles. The van der Waals surface area contributed by atoms with Gasteiger partial charge in [-0.3, -0.25) is 0 Å². The number of aryl methyl sites for hydroxylation is 1. The molecule has 0 bridgehead atoms. The number of rotatable bonds is 6. The zero-order valence-corrected chi connectivity index (χ0v) is 15.1. The Morgan fingerprint density at radius 3 is 2.48 bits per heavy atom. The molecule has 0 saturated heterocycles. The predicted molar refractivity (Wildman–Crippen MR) is 94.9 cm³/mol. The van der Waals surface area contributed by atoms with Crippen molar-refractivity contribution in [2.75, 3.05) is 6.54 Å². The first kappa shape index (κ1) is 20.8. The fourth-order valence-electron chi connectivity index (χ4n) is 2.61. The van der Waals surface area contributed by atoms with Crippen molar-refractivity contribution < 1.29 is 27.8 Å². The van der Waals surface area contributed by atoms with Crippen LogP contribution in [0.3, 0.4) is 0 Å². The summed E-state index contributed by atoms with van der Waals surface area (Å²) in [4.78, 5) is 11.8. The second-order valence-electron chi connectivity index (χ2n) is 6.49. The highest BCUT2D eigenvalue weighted by Gasteiger charge is 2.32. The number of hydrogen-bond donors (Lipinski definition) is 2. The molecule has 2 aromatic rings. The van der Waals surface area contributed by atoms with Crippen LogP contribution in [0.2, 0.25) is 0 Å². The van der Waals surface area contributed by atoms with Crippen LogP contribution in [-0.4, -0.2) is 17.7 Å². The van der Waals surface area contributed by atoms with Crippen molar-refractivity contribution >= 4 is 6.09 Å². The van der Waals surface area contributed by atoms with Crippen LogP contribution >= 0.6 is 0 Å². The summed E-state index contributed by atoms with van der Waals surface area (Å²) in [6.07, 6.45) is -6.29. The Bertz CT molecular complexity index is 763. The Hall–Kier alpha value is -2.54. The van der Waals surface area contributed by atoms with E-state index in [4.69, 9.17) is 4.74 Å². The minimum atomic E-state index is -4.48. The molecular formula is C20H22F3NO3. The summed E-state index contributed by atoms with van der Waals surface area (Å²) < 4.78 is 43.9. The van der Waals surface area contributed by atoms with Crippen LogP contribution in [0, 0.1) is 12.8 Å².